The fourth-order valence-corrected chi connectivity index (χ4v) is 1.71. The number of benzene rings is 1. The topological polar surface area (TPSA) is 83.8 Å². The quantitative estimate of drug-likeness (QED) is 0.827. The van der Waals surface area contributed by atoms with Crippen molar-refractivity contribution >= 4 is 11.9 Å². The van der Waals surface area contributed by atoms with Crippen molar-refractivity contribution < 1.29 is 24.5 Å². The summed E-state index contributed by atoms with van der Waals surface area (Å²) in [6.07, 6.45) is 0.804. The minimum absolute atomic E-state index is 0.0198. The molecule has 0 bridgehead atoms. The van der Waals surface area contributed by atoms with Crippen molar-refractivity contribution in [3.63, 3.8) is 0 Å². The highest BCUT2D eigenvalue weighted by atomic mass is 16.5. The predicted molar refractivity (Wildman–Crippen MR) is 70.0 cm³/mol. The molecular weight excluding hydrogens is 248 g/mol. The number of carboxylic acid groups (broad SMARTS) is 2. The van der Waals surface area contributed by atoms with E-state index in [9.17, 15) is 14.7 Å². The number of carbonyl (C=O) groups is 2. The molecule has 1 rings (SSSR count). The smallest absolute Gasteiger partial charge is 0.339 e. The summed E-state index contributed by atoms with van der Waals surface area (Å²) < 4.78 is 5.45. The van der Waals surface area contributed by atoms with Gasteiger partial charge in [-0.15, -0.1) is 0 Å². The van der Waals surface area contributed by atoms with Crippen molar-refractivity contribution in [3.05, 3.63) is 28.8 Å². The van der Waals surface area contributed by atoms with Crippen LogP contribution in [0.25, 0.3) is 0 Å². The van der Waals surface area contributed by atoms with Crippen molar-refractivity contribution in [2.24, 2.45) is 5.92 Å². The van der Waals surface area contributed by atoms with Gasteiger partial charge in [-0.2, -0.15) is 0 Å². The van der Waals surface area contributed by atoms with Crippen LogP contribution in [0.4, 0.5) is 0 Å². The zero-order valence-corrected chi connectivity index (χ0v) is 11.3. The molecule has 0 heterocycles. The molecule has 0 aromatic heterocycles. The maximum atomic E-state index is 11.2. The van der Waals surface area contributed by atoms with Crippen LogP contribution < -0.4 is 4.74 Å². The molecule has 0 unspecified atom stereocenters. The first-order valence-electron chi connectivity index (χ1n) is 6.07. The molecule has 0 saturated heterocycles. The molecule has 19 heavy (non-hydrogen) atoms. The lowest BCUT2D eigenvalue weighted by Crippen LogP contribution is -2.11. The van der Waals surface area contributed by atoms with Crippen LogP contribution in [0.1, 0.15) is 46.5 Å². The largest absolute Gasteiger partial charge is 0.493 e. The van der Waals surface area contributed by atoms with Crippen molar-refractivity contribution in [3.8, 4) is 5.75 Å². The molecule has 0 amide bonds. The normalized spacial score (nSPS) is 10.5. The van der Waals surface area contributed by atoms with E-state index in [0.717, 1.165) is 6.42 Å². The maximum Gasteiger partial charge on any atom is 0.339 e. The summed E-state index contributed by atoms with van der Waals surface area (Å²) in [5.74, 6) is -1.66. The van der Waals surface area contributed by atoms with Gasteiger partial charge in [0.05, 0.1) is 12.2 Å². The Morgan fingerprint density at radius 2 is 1.84 bits per heavy atom. The molecule has 1 aromatic rings. The Hall–Kier alpha value is -2.04. The molecule has 0 spiro atoms. The van der Waals surface area contributed by atoms with Crippen LogP contribution in [0.5, 0.6) is 5.75 Å². The van der Waals surface area contributed by atoms with Crippen LogP contribution in [0, 0.1) is 12.8 Å². The van der Waals surface area contributed by atoms with Gasteiger partial charge in [0.1, 0.15) is 11.3 Å². The molecule has 0 fully saturated rings. The number of hydrogen-bond acceptors (Lipinski definition) is 3. The zero-order valence-electron chi connectivity index (χ0n) is 11.3. The van der Waals surface area contributed by atoms with Crippen LogP contribution in [-0.2, 0) is 0 Å². The highest BCUT2D eigenvalue weighted by Crippen LogP contribution is 2.26. The van der Waals surface area contributed by atoms with Crippen molar-refractivity contribution in [2.75, 3.05) is 6.61 Å². The first kappa shape index (κ1) is 15.0. The van der Waals surface area contributed by atoms with Crippen molar-refractivity contribution in [1.29, 1.82) is 0 Å². The van der Waals surface area contributed by atoms with E-state index in [-0.39, 0.29) is 22.4 Å². The van der Waals surface area contributed by atoms with Gasteiger partial charge in [-0.3, -0.25) is 0 Å². The van der Waals surface area contributed by atoms with Gasteiger partial charge in [0, 0.05) is 0 Å². The number of ether oxygens (including phenoxy) is 1. The third-order valence-corrected chi connectivity index (χ3v) is 2.82. The average Bonchev–Trinajstić information content (AvgIpc) is 2.27. The van der Waals surface area contributed by atoms with Crippen LogP contribution in [0.3, 0.4) is 0 Å². The average molecular weight is 266 g/mol. The van der Waals surface area contributed by atoms with Crippen molar-refractivity contribution in [2.45, 2.75) is 27.2 Å². The molecule has 0 aliphatic rings. The molecule has 0 radical (unpaired) electrons. The third kappa shape index (κ3) is 3.71. The Morgan fingerprint density at radius 1 is 1.21 bits per heavy atom. The van der Waals surface area contributed by atoms with Gasteiger partial charge in [0.25, 0.3) is 0 Å². The molecule has 0 atom stereocenters. The number of aromatic carboxylic acids is 2. The maximum absolute atomic E-state index is 11.2. The van der Waals surface area contributed by atoms with Gasteiger partial charge in [-0.05, 0) is 37.0 Å². The Labute approximate surface area is 111 Å². The number of rotatable bonds is 6. The lowest BCUT2D eigenvalue weighted by Gasteiger charge is -2.13. The molecule has 0 aliphatic heterocycles. The zero-order chi connectivity index (χ0) is 14.6. The van der Waals surface area contributed by atoms with Crippen LogP contribution in [0.2, 0.25) is 0 Å². The van der Waals surface area contributed by atoms with E-state index in [1.165, 1.54) is 19.1 Å². The van der Waals surface area contributed by atoms with Gasteiger partial charge in [-0.1, -0.05) is 13.8 Å². The summed E-state index contributed by atoms with van der Waals surface area (Å²) >= 11 is 0. The molecular formula is C14H18O5. The fourth-order valence-electron chi connectivity index (χ4n) is 1.71. The fraction of sp³-hybridized carbons (Fsp3) is 0.429. The highest BCUT2D eigenvalue weighted by Gasteiger charge is 2.20. The van der Waals surface area contributed by atoms with E-state index in [2.05, 4.69) is 0 Å². The summed E-state index contributed by atoms with van der Waals surface area (Å²) in [6.45, 7) is 5.96. The van der Waals surface area contributed by atoms with Crippen LogP contribution in [0.15, 0.2) is 12.1 Å². The summed E-state index contributed by atoms with van der Waals surface area (Å²) in [5.41, 5.74) is 0.110. The molecule has 0 aliphatic carbocycles. The molecule has 5 nitrogen and oxygen atoms in total. The molecule has 5 heteroatoms. The molecule has 104 valence electrons. The van der Waals surface area contributed by atoms with E-state index < -0.39 is 11.9 Å². The van der Waals surface area contributed by atoms with Gasteiger partial charge in [-0.25, -0.2) is 9.59 Å². The Bertz CT molecular complexity index is 491. The Morgan fingerprint density at radius 3 is 2.32 bits per heavy atom. The summed E-state index contributed by atoms with van der Waals surface area (Å²) in [7, 11) is 0. The standard InChI is InChI=1S/C14H18O5/c1-8(2)6-7-19-11-5-4-10(13(15)16)9(3)12(11)14(17)18/h4-5,8H,6-7H2,1-3H3,(H,15,16)(H,17,18). The van der Waals surface area contributed by atoms with E-state index in [1.807, 2.05) is 13.8 Å². The summed E-state index contributed by atoms with van der Waals surface area (Å²) in [6, 6.07) is 2.77. The second kappa shape index (κ2) is 6.22. The lowest BCUT2D eigenvalue weighted by atomic mass is 10.0. The first-order valence-corrected chi connectivity index (χ1v) is 6.07. The van der Waals surface area contributed by atoms with Gasteiger partial charge in [0.15, 0.2) is 0 Å². The molecule has 0 saturated carbocycles. The number of carboxylic acids is 2. The predicted octanol–water partition coefficient (Wildman–Crippen LogP) is 2.82. The highest BCUT2D eigenvalue weighted by molar-refractivity contribution is 5.98. The third-order valence-electron chi connectivity index (χ3n) is 2.82. The van der Waals surface area contributed by atoms with E-state index in [0.29, 0.717) is 12.5 Å². The molecule has 2 N–H and O–H groups in total. The molecule has 1 aromatic carbocycles. The summed E-state index contributed by atoms with van der Waals surface area (Å²) in [4.78, 5) is 22.2. The van der Waals surface area contributed by atoms with Gasteiger partial charge in [0.2, 0.25) is 0 Å². The minimum atomic E-state index is -1.18. The SMILES string of the molecule is Cc1c(C(=O)O)ccc(OCCC(C)C)c1C(=O)O. The van der Waals surface area contributed by atoms with Gasteiger partial charge >= 0.3 is 11.9 Å². The van der Waals surface area contributed by atoms with E-state index in [1.54, 1.807) is 0 Å². The van der Waals surface area contributed by atoms with Crippen LogP contribution in [-0.4, -0.2) is 28.8 Å². The summed E-state index contributed by atoms with van der Waals surface area (Å²) in [5, 5.41) is 18.2. The second-order valence-electron chi connectivity index (χ2n) is 4.75. The Balaban J connectivity index is 3.08. The Kier molecular flexibility index (Phi) is 4.92. The first-order chi connectivity index (χ1) is 8.84. The number of hydrogen-bond donors (Lipinski definition) is 2. The second-order valence-corrected chi connectivity index (χ2v) is 4.75. The minimum Gasteiger partial charge on any atom is -0.493 e. The van der Waals surface area contributed by atoms with Crippen LogP contribution >= 0.6 is 0 Å². The van der Waals surface area contributed by atoms with Crippen molar-refractivity contribution in [1.82, 2.24) is 0 Å². The monoisotopic (exact) mass is 266 g/mol. The lowest BCUT2D eigenvalue weighted by molar-refractivity contribution is 0.0691. The van der Waals surface area contributed by atoms with Gasteiger partial charge < -0.3 is 14.9 Å². The van der Waals surface area contributed by atoms with E-state index in [4.69, 9.17) is 9.84 Å². The van der Waals surface area contributed by atoms with E-state index >= 15 is 0 Å².